The molecule has 0 spiro atoms. The zero-order chi connectivity index (χ0) is 13.8. The van der Waals surface area contributed by atoms with Crippen molar-refractivity contribution in [1.29, 1.82) is 0 Å². The molecule has 0 amide bonds. The van der Waals surface area contributed by atoms with Gasteiger partial charge in [0.2, 0.25) is 0 Å². The number of benzene rings is 1. The molecule has 0 unspecified atom stereocenters. The zero-order valence-corrected chi connectivity index (χ0v) is 12.3. The van der Waals surface area contributed by atoms with Crippen LogP contribution in [0.1, 0.15) is 28.1 Å². The van der Waals surface area contributed by atoms with E-state index in [1.54, 1.807) is 0 Å². The maximum Gasteiger partial charge on any atom is 0.130 e. The molecule has 0 saturated heterocycles. The molecule has 0 aliphatic heterocycles. The third-order valence-electron chi connectivity index (χ3n) is 3.29. The van der Waals surface area contributed by atoms with Gasteiger partial charge in [-0.3, -0.25) is 4.98 Å². The minimum atomic E-state index is 0.421. The van der Waals surface area contributed by atoms with Gasteiger partial charge in [-0.15, -0.1) is 11.6 Å². The maximum atomic E-state index is 6.02. The van der Waals surface area contributed by atoms with Crippen molar-refractivity contribution < 1.29 is 4.74 Å². The molecule has 0 bridgehead atoms. The number of nitrogens with zero attached hydrogens (tertiary/aromatic N) is 1. The van der Waals surface area contributed by atoms with Crippen molar-refractivity contribution >= 4 is 11.6 Å². The smallest absolute Gasteiger partial charge is 0.130 e. The van der Waals surface area contributed by atoms with E-state index in [1.807, 2.05) is 39.0 Å². The van der Waals surface area contributed by atoms with Gasteiger partial charge in [0.25, 0.3) is 0 Å². The highest BCUT2D eigenvalue weighted by Gasteiger charge is 2.13. The Morgan fingerprint density at radius 1 is 1.05 bits per heavy atom. The van der Waals surface area contributed by atoms with Crippen molar-refractivity contribution in [3.05, 3.63) is 58.4 Å². The summed E-state index contributed by atoms with van der Waals surface area (Å²) in [4.78, 5) is 4.50. The standard InChI is InChI=1S/C16H18ClNO/c1-11-12(2)18-13(3)15(9-17)16(11)19-10-14-7-5-4-6-8-14/h4-8H,9-10H2,1-3H3. The summed E-state index contributed by atoms with van der Waals surface area (Å²) in [6, 6.07) is 10.1. The van der Waals surface area contributed by atoms with Crippen LogP contribution in [-0.2, 0) is 12.5 Å². The Kier molecular flexibility index (Phi) is 4.43. The Bertz CT molecular complexity index is 567. The molecule has 2 nitrogen and oxygen atoms in total. The Labute approximate surface area is 119 Å². The molecule has 0 saturated carbocycles. The molecule has 1 aromatic heterocycles. The Hall–Kier alpha value is -1.54. The predicted molar refractivity (Wildman–Crippen MR) is 78.8 cm³/mol. The normalized spacial score (nSPS) is 10.5. The van der Waals surface area contributed by atoms with Gasteiger partial charge in [-0.1, -0.05) is 30.3 Å². The minimum Gasteiger partial charge on any atom is -0.488 e. The second-order valence-electron chi connectivity index (χ2n) is 4.62. The van der Waals surface area contributed by atoms with Crippen molar-refractivity contribution in [2.45, 2.75) is 33.3 Å². The van der Waals surface area contributed by atoms with Crippen LogP contribution in [0.15, 0.2) is 30.3 Å². The molecule has 3 heteroatoms. The van der Waals surface area contributed by atoms with E-state index in [2.05, 4.69) is 17.1 Å². The van der Waals surface area contributed by atoms with Gasteiger partial charge in [-0.05, 0) is 26.3 Å². The number of hydrogen-bond acceptors (Lipinski definition) is 2. The van der Waals surface area contributed by atoms with E-state index in [0.717, 1.165) is 33.8 Å². The van der Waals surface area contributed by atoms with Crippen LogP contribution < -0.4 is 4.74 Å². The van der Waals surface area contributed by atoms with Gasteiger partial charge in [0, 0.05) is 22.5 Å². The molecule has 0 atom stereocenters. The molecular formula is C16H18ClNO. The number of halogens is 1. The molecule has 100 valence electrons. The van der Waals surface area contributed by atoms with E-state index < -0.39 is 0 Å². The molecule has 0 aliphatic rings. The third kappa shape index (κ3) is 3.07. The molecule has 0 radical (unpaired) electrons. The number of aromatic nitrogens is 1. The molecule has 2 rings (SSSR count). The summed E-state index contributed by atoms with van der Waals surface area (Å²) in [7, 11) is 0. The first-order valence-electron chi connectivity index (χ1n) is 6.33. The van der Waals surface area contributed by atoms with Crippen LogP contribution in [0.5, 0.6) is 5.75 Å². The topological polar surface area (TPSA) is 22.1 Å². The van der Waals surface area contributed by atoms with Crippen molar-refractivity contribution in [3.63, 3.8) is 0 Å². The van der Waals surface area contributed by atoms with E-state index in [9.17, 15) is 0 Å². The van der Waals surface area contributed by atoms with Crippen molar-refractivity contribution in [2.24, 2.45) is 0 Å². The summed E-state index contributed by atoms with van der Waals surface area (Å²) in [5.74, 6) is 1.30. The summed E-state index contributed by atoms with van der Waals surface area (Å²) in [5, 5.41) is 0. The van der Waals surface area contributed by atoms with E-state index in [4.69, 9.17) is 16.3 Å². The van der Waals surface area contributed by atoms with Crippen LogP contribution in [0.3, 0.4) is 0 Å². The van der Waals surface area contributed by atoms with Gasteiger partial charge < -0.3 is 4.74 Å². The van der Waals surface area contributed by atoms with E-state index in [1.165, 1.54) is 0 Å². The largest absolute Gasteiger partial charge is 0.488 e. The summed E-state index contributed by atoms with van der Waals surface area (Å²) >= 11 is 6.02. The lowest BCUT2D eigenvalue weighted by molar-refractivity contribution is 0.300. The van der Waals surface area contributed by atoms with Crippen LogP contribution in [-0.4, -0.2) is 4.98 Å². The highest BCUT2D eigenvalue weighted by Crippen LogP contribution is 2.29. The first-order valence-corrected chi connectivity index (χ1v) is 6.86. The number of pyridine rings is 1. The number of rotatable bonds is 4. The molecule has 0 fully saturated rings. The van der Waals surface area contributed by atoms with Gasteiger partial charge >= 0.3 is 0 Å². The SMILES string of the molecule is Cc1nc(C)c(CCl)c(OCc2ccccc2)c1C. The Morgan fingerprint density at radius 2 is 1.74 bits per heavy atom. The average Bonchev–Trinajstić information content (AvgIpc) is 2.42. The van der Waals surface area contributed by atoms with Gasteiger partial charge in [0.05, 0.1) is 5.88 Å². The first-order chi connectivity index (χ1) is 9.13. The monoisotopic (exact) mass is 275 g/mol. The van der Waals surface area contributed by atoms with Gasteiger partial charge in [0.1, 0.15) is 12.4 Å². The van der Waals surface area contributed by atoms with Gasteiger partial charge in [-0.2, -0.15) is 0 Å². The molecule has 1 heterocycles. The van der Waals surface area contributed by atoms with Crippen molar-refractivity contribution in [1.82, 2.24) is 4.98 Å². The van der Waals surface area contributed by atoms with Crippen LogP contribution in [0.25, 0.3) is 0 Å². The molecule has 0 aliphatic carbocycles. The van der Waals surface area contributed by atoms with Crippen LogP contribution >= 0.6 is 11.6 Å². The van der Waals surface area contributed by atoms with Crippen LogP contribution in [0.4, 0.5) is 0 Å². The number of hydrogen-bond donors (Lipinski definition) is 0. The molecule has 2 aromatic rings. The molecular weight excluding hydrogens is 258 g/mol. The average molecular weight is 276 g/mol. The minimum absolute atomic E-state index is 0.421. The second-order valence-corrected chi connectivity index (χ2v) is 4.89. The lowest BCUT2D eigenvalue weighted by Gasteiger charge is -2.16. The van der Waals surface area contributed by atoms with E-state index >= 15 is 0 Å². The summed E-state index contributed by atoms with van der Waals surface area (Å²) in [6.07, 6.45) is 0. The third-order valence-corrected chi connectivity index (χ3v) is 3.56. The molecule has 19 heavy (non-hydrogen) atoms. The second kappa shape index (κ2) is 6.07. The van der Waals surface area contributed by atoms with Crippen molar-refractivity contribution in [2.75, 3.05) is 0 Å². The lowest BCUT2D eigenvalue weighted by atomic mass is 10.1. The highest BCUT2D eigenvalue weighted by molar-refractivity contribution is 6.17. The molecule has 1 aromatic carbocycles. The highest BCUT2D eigenvalue weighted by atomic mass is 35.5. The zero-order valence-electron chi connectivity index (χ0n) is 11.5. The predicted octanol–water partition coefficient (Wildman–Crippen LogP) is 4.32. The fourth-order valence-electron chi connectivity index (χ4n) is 2.04. The Balaban J connectivity index is 2.29. The fourth-order valence-corrected chi connectivity index (χ4v) is 2.36. The molecule has 0 N–H and O–H groups in total. The quantitative estimate of drug-likeness (QED) is 0.775. The van der Waals surface area contributed by atoms with Gasteiger partial charge in [0.15, 0.2) is 0 Å². The van der Waals surface area contributed by atoms with Crippen LogP contribution in [0.2, 0.25) is 0 Å². The number of alkyl halides is 1. The number of ether oxygens (including phenoxy) is 1. The van der Waals surface area contributed by atoms with E-state index in [-0.39, 0.29) is 0 Å². The lowest BCUT2D eigenvalue weighted by Crippen LogP contribution is -2.05. The summed E-state index contributed by atoms with van der Waals surface area (Å²) in [6.45, 7) is 6.54. The van der Waals surface area contributed by atoms with Gasteiger partial charge in [-0.25, -0.2) is 0 Å². The summed E-state index contributed by atoms with van der Waals surface area (Å²) in [5.41, 5.74) is 5.14. The van der Waals surface area contributed by atoms with Crippen molar-refractivity contribution in [3.8, 4) is 5.75 Å². The van der Waals surface area contributed by atoms with E-state index in [0.29, 0.717) is 12.5 Å². The summed E-state index contributed by atoms with van der Waals surface area (Å²) < 4.78 is 5.98. The fraction of sp³-hybridized carbons (Fsp3) is 0.312. The van der Waals surface area contributed by atoms with Crippen LogP contribution in [0, 0.1) is 20.8 Å². The Morgan fingerprint density at radius 3 is 2.37 bits per heavy atom. The maximum absolute atomic E-state index is 6.02. The number of aryl methyl sites for hydroxylation is 2. The first kappa shape index (κ1) is 13.9.